The summed E-state index contributed by atoms with van der Waals surface area (Å²) in [4.78, 5) is 4.25. The summed E-state index contributed by atoms with van der Waals surface area (Å²) in [6, 6.07) is 7.37. The molecule has 0 spiro atoms. The number of nitrogens with one attached hydrogen (secondary N) is 1. The molecule has 0 saturated carbocycles. The highest BCUT2D eigenvalue weighted by Crippen LogP contribution is 2.25. The van der Waals surface area contributed by atoms with Crippen LogP contribution >= 0.6 is 0 Å². The van der Waals surface area contributed by atoms with Gasteiger partial charge in [-0.3, -0.25) is 0 Å². The van der Waals surface area contributed by atoms with Crippen LogP contribution in [-0.2, 0) is 26.3 Å². The minimum Gasteiger partial charge on any atom is -0.336 e. The zero-order chi connectivity index (χ0) is 13.9. The molecule has 0 saturated heterocycles. The lowest BCUT2D eigenvalue weighted by Gasteiger charge is -2.19. The van der Waals surface area contributed by atoms with Gasteiger partial charge in [-0.2, -0.15) is 0 Å². The molecule has 0 fully saturated rings. The average Bonchev–Trinajstić information content (AvgIpc) is 3.06. The first kappa shape index (κ1) is 13.4. The van der Waals surface area contributed by atoms with Crippen molar-refractivity contribution in [3.05, 3.63) is 53.1 Å². The van der Waals surface area contributed by atoms with Crippen LogP contribution in [0.25, 0.3) is 0 Å². The third kappa shape index (κ3) is 2.63. The normalized spacial score (nSPS) is 15.3. The summed E-state index contributed by atoms with van der Waals surface area (Å²) >= 11 is 0. The maximum absolute atomic E-state index is 4.25. The Morgan fingerprint density at radius 1 is 1.30 bits per heavy atom. The SMILES string of the molecule is CCNC(Cc1ccc2c(c1)CCC2)c1cncn1C. The van der Waals surface area contributed by atoms with Crippen molar-refractivity contribution in [1.29, 1.82) is 0 Å². The third-order valence-corrected chi connectivity index (χ3v) is 4.26. The largest absolute Gasteiger partial charge is 0.336 e. The molecule has 20 heavy (non-hydrogen) atoms. The van der Waals surface area contributed by atoms with Crippen LogP contribution in [0.5, 0.6) is 0 Å². The number of benzene rings is 1. The molecule has 106 valence electrons. The van der Waals surface area contributed by atoms with Gasteiger partial charge in [-0.25, -0.2) is 4.98 Å². The number of likely N-dealkylation sites (N-methyl/N-ethyl adjacent to an activating group) is 1. The monoisotopic (exact) mass is 269 g/mol. The van der Waals surface area contributed by atoms with Crippen molar-refractivity contribution in [2.45, 2.75) is 38.6 Å². The van der Waals surface area contributed by atoms with Gasteiger partial charge in [0.2, 0.25) is 0 Å². The molecule has 0 aliphatic heterocycles. The molecule has 0 radical (unpaired) electrons. The van der Waals surface area contributed by atoms with Gasteiger partial charge >= 0.3 is 0 Å². The Bertz CT molecular complexity index is 586. The number of hydrogen-bond donors (Lipinski definition) is 1. The number of aromatic nitrogens is 2. The molecule has 3 heteroatoms. The van der Waals surface area contributed by atoms with Gasteiger partial charge in [0, 0.05) is 13.2 Å². The lowest BCUT2D eigenvalue weighted by molar-refractivity contribution is 0.520. The first-order valence-corrected chi connectivity index (χ1v) is 7.58. The molecule has 1 atom stereocenters. The van der Waals surface area contributed by atoms with Gasteiger partial charge in [0.05, 0.1) is 18.1 Å². The molecular weight excluding hydrogens is 246 g/mol. The second-order valence-electron chi connectivity index (χ2n) is 5.70. The van der Waals surface area contributed by atoms with E-state index in [1.54, 1.807) is 11.1 Å². The zero-order valence-corrected chi connectivity index (χ0v) is 12.4. The lowest BCUT2D eigenvalue weighted by Crippen LogP contribution is -2.24. The predicted octanol–water partition coefficient (Wildman–Crippen LogP) is 2.80. The van der Waals surface area contributed by atoms with Crippen LogP contribution in [0.3, 0.4) is 0 Å². The fraction of sp³-hybridized carbons (Fsp3) is 0.471. The fourth-order valence-corrected chi connectivity index (χ4v) is 3.22. The van der Waals surface area contributed by atoms with E-state index in [4.69, 9.17) is 0 Å². The van der Waals surface area contributed by atoms with Crippen molar-refractivity contribution in [3.8, 4) is 0 Å². The molecular formula is C17H23N3. The average molecular weight is 269 g/mol. The fourth-order valence-electron chi connectivity index (χ4n) is 3.22. The van der Waals surface area contributed by atoms with Gasteiger partial charge in [0.1, 0.15) is 0 Å². The molecule has 0 amide bonds. The molecule has 3 nitrogen and oxygen atoms in total. The summed E-state index contributed by atoms with van der Waals surface area (Å²) in [6.07, 6.45) is 8.70. The second kappa shape index (κ2) is 5.80. The van der Waals surface area contributed by atoms with Crippen molar-refractivity contribution in [2.75, 3.05) is 6.54 Å². The lowest BCUT2D eigenvalue weighted by atomic mass is 9.99. The van der Waals surface area contributed by atoms with Crippen LogP contribution in [0.2, 0.25) is 0 Å². The molecule has 1 aromatic carbocycles. The van der Waals surface area contributed by atoms with Gasteiger partial charge < -0.3 is 9.88 Å². The highest BCUT2D eigenvalue weighted by Gasteiger charge is 2.16. The quantitative estimate of drug-likeness (QED) is 0.904. The van der Waals surface area contributed by atoms with Crippen molar-refractivity contribution >= 4 is 0 Å². The van der Waals surface area contributed by atoms with Crippen LogP contribution in [-0.4, -0.2) is 16.1 Å². The van der Waals surface area contributed by atoms with E-state index in [0.29, 0.717) is 6.04 Å². The Balaban J connectivity index is 1.81. The Morgan fingerprint density at radius 3 is 2.90 bits per heavy atom. The standard InChI is InChI=1S/C17H23N3/c1-3-19-16(17-11-18-12-20(17)2)10-13-7-8-14-5-4-6-15(14)9-13/h7-9,11-12,16,19H,3-6,10H2,1-2H3. The van der Waals surface area contributed by atoms with E-state index in [1.165, 1.54) is 30.5 Å². The maximum atomic E-state index is 4.25. The van der Waals surface area contributed by atoms with E-state index < -0.39 is 0 Å². The van der Waals surface area contributed by atoms with E-state index in [2.05, 4.69) is 47.0 Å². The second-order valence-corrected chi connectivity index (χ2v) is 5.70. The first-order chi connectivity index (χ1) is 9.78. The summed E-state index contributed by atoms with van der Waals surface area (Å²) in [5.74, 6) is 0. The van der Waals surface area contributed by atoms with Crippen molar-refractivity contribution in [2.24, 2.45) is 7.05 Å². The van der Waals surface area contributed by atoms with Gasteiger partial charge in [0.25, 0.3) is 0 Å². The summed E-state index contributed by atoms with van der Waals surface area (Å²) in [7, 11) is 2.06. The third-order valence-electron chi connectivity index (χ3n) is 4.26. The van der Waals surface area contributed by atoms with Crippen LogP contribution in [0, 0.1) is 0 Å². The molecule has 1 aliphatic carbocycles. The number of aryl methyl sites for hydroxylation is 3. The molecule has 1 heterocycles. The zero-order valence-electron chi connectivity index (χ0n) is 12.4. The highest BCUT2D eigenvalue weighted by molar-refractivity contribution is 5.36. The summed E-state index contributed by atoms with van der Waals surface area (Å²) in [6.45, 7) is 3.13. The topological polar surface area (TPSA) is 29.9 Å². The summed E-state index contributed by atoms with van der Waals surface area (Å²) in [5.41, 5.74) is 5.79. The maximum Gasteiger partial charge on any atom is 0.0946 e. The van der Waals surface area contributed by atoms with Gasteiger partial charge in [-0.05, 0) is 48.9 Å². The van der Waals surface area contributed by atoms with E-state index in [-0.39, 0.29) is 0 Å². The van der Waals surface area contributed by atoms with Crippen LogP contribution in [0.15, 0.2) is 30.7 Å². The Morgan fingerprint density at radius 2 is 2.15 bits per heavy atom. The van der Waals surface area contributed by atoms with Crippen LogP contribution in [0.1, 0.15) is 41.8 Å². The number of imidazole rings is 1. The molecule has 1 aromatic heterocycles. The smallest absolute Gasteiger partial charge is 0.0946 e. The van der Waals surface area contributed by atoms with Crippen molar-refractivity contribution in [1.82, 2.24) is 14.9 Å². The van der Waals surface area contributed by atoms with Crippen LogP contribution < -0.4 is 5.32 Å². The molecule has 1 unspecified atom stereocenters. The summed E-state index contributed by atoms with van der Waals surface area (Å²) in [5, 5.41) is 3.58. The predicted molar refractivity (Wildman–Crippen MR) is 81.8 cm³/mol. The molecule has 2 aromatic rings. The van der Waals surface area contributed by atoms with Crippen molar-refractivity contribution in [3.63, 3.8) is 0 Å². The van der Waals surface area contributed by atoms with Gasteiger partial charge in [0.15, 0.2) is 0 Å². The minimum absolute atomic E-state index is 0.340. The number of hydrogen-bond acceptors (Lipinski definition) is 2. The molecule has 0 bridgehead atoms. The molecule has 1 aliphatic rings. The highest BCUT2D eigenvalue weighted by atomic mass is 15.1. The Hall–Kier alpha value is -1.61. The van der Waals surface area contributed by atoms with E-state index >= 15 is 0 Å². The minimum atomic E-state index is 0.340. The summed E-state index contributed by atoms with van der Waals surface area (Å²) < 4.78 is 2.11. The Kier molecular flexibility index (Phi) is 3.88. The van der Waals surface area contributed by atoms with Crippen molar-refractivity contribution < 1.29 is 0 Å². The van der Waals surface area contributed by atoms with Crippen LogP contribution in [0.4, 0.5) is 0 Å². The molecule has 3 rings (SSSR count). The molecule has 1 N–H and O–H groups in total. The number of fused-ring (bicyclic) bond motifs is 1. The van der Waals surface area contributed by atoms with Gasteiger partial charge in [-0.1, -0.05) is 25.1 Å². The first-order valence-electron chi connectivity index (χ1n) is 7.58. The number of rotatable bonds is 5. The van der Waals surface area contributed by atoms with Gasteiger partial charge in [-0.15, -0.1) is 0 Å². The van der Waals surface area contributed by atoms with E-state index in [9.17, 15) is 0 Å². The van der Waals surface area contributed by atoms with E-state index in [0.717, 1.165) is 13.0 Å². The number of nitrogens with zero attached hydrogens (tertiary/aromatic N) is 2. The van der Waals surface area contributed by atoms with E-state index in [1.807, 2.05) is 12.5 Å². The Labute approximate surface area is 121 Å².